The number of nitrogens with zero attached hydrogens (tertiary/aromatic N) is 3. The number of esters is 1. The Bertz CT molecular complexity index is 952. The van der Waals surface area contributed by atoms with E-state index in [-0.39, 0.29) is 18.7 Å². The first-order valence-corrected chi connectivity index (χ1v) is 7.79. The van der Waals surface area contributed by atoms with Crippen molar-refractivity contribution in [1.29, 1.82) is 0 Å². The average molecular weight is 339 g/mol. The van der Waals surface area contributed by atoms with E-state index >= 15 is 0 Å². The predicted molar refractivity (Wildman–Crippen MR) is 91.2 cm³/mol. The molecule has 0 N–H and O–H groups in total. The van der Waals surface area contributed by atoms with Crippen LogP contribution in [-0.2, 0) is 22.7 Å². The van der Waals surface area contributed by atoms with Crippen LogP contribution in [0.5, 0.6) is 5.75 Å². The van der Waals surface area contributed by atoms with Crippen LogP contribution in [0.2, 0.25) is 0 Å². The van der Waals surface area contributed by atoms with Gasteiger partial charge in [-0.05, 0) is 30.2 Å². The topological polar surface area (TPSA) is 83.3 Å². The molecule has 0 radical (unpaired) electrons. The quantitative estimate of drug-likeness (QED) is 0.638. The molecule has 0 saturated carbocycles. The number of ether oxygens (including phenoxy) is 2. The average Bonchev–Trinajstić information content (AvgIpc) is 2.66. The van der Waals surface area contributed by atoms with Crippen molar-refractivity contribution in [3.63, 3.8) is 0 Å². The molecule has 0 atom stereocenters. The number of fused-ring (bicyclic) bond motifs is 1. The second-order valence-corrected chi connectivity index (χ2v) is 5.37. The van der Waals surface area contributed by atoms with E-state index in [1.54, 1.807) is 31.4 Å². The van der Waals surface area contributed by atoms with Gasteiger partial charge in [0, 0.05) is 6.42 Å². The summed E-state index contributed by atoms with van der Waals surface area (Å²) in [5.74, 6) is 0.305. The summed E-state index contributed by atoms with van der Waals surface area (Å²) in [6.07, 6.45) is 0.664. The molecule has 1 aromatic heterocycles. The Balaban J connectivity index is 1.61. The zero-order chi connectivity index (χ0) is 17.6. The minimum Gasteiger partial charge on any atom is -0.496 e. The summed E-state index contributed by atoms with van der Waals surface area (Å²) < 4.78 is 11.4. The summed E-state index contributed by atoms with van der Waals surface area (Å²) in [6.45, 7) is -0.262. The fourth-order valence-corrected chi connectivity index (χ4v) is 2.46. The fourth-order valence-electron chi connectivity index (χ4n) is 2.46. The molecule has 0 fully saturated rings. The predicted octanol–water partition coefficient (Wildman–Crippen LogP) is 1.93. The summed E-state index contributed by atoms with van der Waals surface area (Å²) in [6, 6.07) is 14.4. The number of aryl methyl sites for hydroxylation is 1. The summed E-state index contributed by atoms with van der Waals surface area (Å²) in [4.78, 5) is 24.2. The zero-order valence-electron chi connectivity index (χ0n) is 13.7. The minimum absolute atomic E-state index is 0.177. The normalized spacial score (nSPS) is 10.6. The molecule has 0 aliphatic carbocycles. The van der Waals surface area contributed by atoms with Crippen molar-refractivity contribution in [2.45, 2.75) is 19.6 Å². The lowest BCUT2D eigenvalue weighted by atomic mass is 10.1. The van der Waals surface area contributed by atoms with Crippen LogP contribution in [-0.4, -0.2) is 28.1 Å². The number of hydrogen-bond acceptors (Lipinski definition) is 6. The van der Waals surface area contributed by atoms with Crippen LogP contribution in [0, 0.1) is 0 Å². The van der Waals surface area contributed by atoms with E-state index < -0.39 is 5.97 Å². The van der Waals surface area contributed by atoms with E-state index in [9.17, 15) is 9.59 Å². The molecule has 0 amide bonds. The summed E-state index contributed by atoms with van der Waals surface area (Å²) in [5, 5.41) is 8.16. The molecule has 0 unspecified atom stereocenters. The smallest absolute Gasteiger partial charge is 0.307 e. The maximum Gasteiger partial charge on any atom is 0.307 e. The number of hydrogen-bond donors (Lipinski definition) is 0. The fraction of sp³-hybridized carbons (Fsp3) is 0.222. The molecule has 1 heterocycles. The molecule has 0 aliphatic heterocycles. The van der Waals surface area contributed by atoms with E-state index in [0.29, 0.717) is 17.3 Å². The maximum atomic E-state index is 12.3. The second-order valence-electron chi connectivity index (χ2n) is 5.37. The maximum absolute atomic E-state index is 12.3. The van der Waals surface area contributed by atoms with Crippen molar-refractivity contribution in [3.05, 3.63) is 64.4 Å². The Hall–Kier alpha value is -3.22. The standard InChI is InChI=1S/C18H17N3O4/c1-24-16-9-5-2-6-13(16)10-11-17(22)25-12-21-18(23)14-7-3-4-8-15(14)19-20-21/h2-9H,10-12H2,1H3. The van der Waals surface area contributed by atoms with Gasteiger partial charge < -0.3 is 9.47 Å². The molecule has 3 rings (SSSR count). The van der Waals surface area contributed by atoms with Crippen molar-refractivity contribution < 1.29 is 14.3 Å². The third kappa shape index (κ3) is 3.82. The van der Waals surface area contributed by atoms with Crippen LogP contribution >= 0.6 is 0 Å². The van der Waals surface area contributed by atoms with Crippen LogP contribution in [0.25, 0.3) is 10.9 Å². The van der Waals surface area contributed by atoms with Gasteiger partial charge in [0.25, 0.3) is 5.56 Å². The van der Waals surface area contributed by atoms with Crippen molar-refractivity contribution in [3.8, 4) is 5.75 Å². The first-order chi connectivity index (χ1) is 12.2. The lowest BCUT2D eigenvalue weighted by molar-refractivity contribution is -0.148. The molecule has 7 heteroatoms. The second kappa shape index (κ2) is 7.57. The Kier molecular flexibility index (Phi) is 5.03. The lowest BCUT2D eigenvalue weighted by Gasteiger charge is -2.09. The van der Waals surface area contributed by atoms with Gasteiger partial charge in [0.1, 0.15) is 11.3 Å². The van der Waals surface area contributed by atoms with Gasteiger partial charge in [0.15, 0.2) is 6.73 Å². The molecule has 2 aromatic carbocycles. The van der Waals surface area contributed by atoms with Crippen molar-refractivity contribution in [2.24, 2.45) is 0 Å². The third-order valence-electron chi connectivity index (χ3n) is 3.77. The molecular formula is C18H17N3O4. The zero-order valence-corrected chi connectivity index (χ0v) is 13.7. The molecule has 0 aliphatic rings. The molecule has 0 spiro atoms. The van der Waals surface area contributed by atoms with E-state index in [1.807, 2.05) is 24.3 Å². The van der Waals surface area contributed by atoms with Crippen molar-refractivity contribution in [2.75, 3.05) is 7.11 Å². The number of aromatic nitrogens is 3. The first-order valence-electron chi connectivity index (χ1n) is 7.79. The van der Waals surface area contributed by atoms with E-state index in [0.717, 1.165) is 16.0 Å². The summed E-state index contributed by atoms with van der Waals surface area (Å²) in [7, 11) is 1.59. The van der Waals surface area contributed by atoms with Gasteiger partial charge in [-0.25, -0.2) is 0 Å². The monoisotopic (exact) mass is 339 g/mol. The van der Waals surface area contributed by atoms with Crippen LogP contribution in [0.4, 0.5) is 0 Å². The number of carbonyl (C=O) groups excluding carboxylic acids is 1. The van der Waals surface area contributed by atoms with Gasteiger partial charge in [-0.3, -0.25) is 9.59 Å². The number of benzene rings is 2. The van der Waals surface area contributed by atoms with Gasteiger partial charge in [-0.1, -0.05) is 35.5 Å². The highest BCUT2D eigenvalue weighted by molar-refractivity contribution is 5.76. The number of carbonyl (C=O) groups is 1. The highest BCUT2D eigenvalue weighted by Crippen LogP contribution is 2.18. The number of methoxy groups -OCH3 is 1. The van der Waals surface area contributed by atoms with Crippen molar-refractivity contribution in [1.82, 2.24) is 15.0 Å². The Morgan fingerprint density at radius 1 is 1.12 bits per heavy atom. The highest BCUT2D eigenvalue weighted by atomic mass is 16.5. The van der Waals surface area contributed by atoms with Crippen LogP contribution in [0.3, 0.4) is 0 Å². The van der Waals surface area contributed by atoms with Gasteiger partial charge in [0.05, 0.1) is 12.5 Å². The largest absolute Gasteiger partial charge is 0.496 e. The summed E-state index contributed by atoms with van der Waals surface area (Å²) in [5.41, 5.74) is 1.08. The number of para-hydroxylation sites is 1. The molecule has 128 valence electrons. The molecule has 0 bridgehead atoms. The first kappa shape index (κ1) is 16.6. The molecule has 3 aromatic rings. The van der Waals surface area contributed by atoms with Crippen LogP contribution < -0.4 is 10.3 Å². The highest BCUT2D eigenvalue weighted by Gasteiger charge is 2.10. The SMILES string of the molecule is COc1ccccc1CCC(=O)OCn1nnc2ccccc2c1=O. The van der Waals surface area contributed by atoms with E-state index in [4.69, 9.17) is 9.47 Å². The van der Waals surface area contributed by atoms with E-state index in [1.165, 1.54) is 0 Å². The van der Waals surface area contributed by atoms with Gasteiger partial charge in [0.2, 0.25) is 0 Å². The third-order valence-corrected chi connectivity index (χ3v) is 3.77. The summed E-state index contributed by atoms with van der Waals surface area (Å²) >= 11 is 0. The van der Waals surface area contributed by atoms with Crippen LogP contribution in [0.15, 0.2) is 53.3 Å². The Labute approximate surface area is 143 Å². The Morgan fingerprint density at radius 2 is 1.88 bits per heavy atom. The molecular weight excluding hydrogens is 322 g/mol. The molecule has 7 nitrogen and oxygen atoms in total. The molecule has 25 heavy (non-hydrogen) atoms. The van der Waals surface area contributed by atoms with Gasteiger partial charge in [-0.15, -0.1) is 5.10 Å². The van der Waals surface area contributed by atoms with Crippen molar-refractivity contribution >= 4 is 16.9 Å². The lowest BCUT2D eigenvalue weighted by Crippen LogP contribution is -2.26. The molecule has 0 saturated heterocycles. The Morgan fingerprint density at radius 3 is 2.72 bits per heavy atom. The van der Waals surface area contributed by atoms with Gasteiger partial charge >= 0.3 is 5.97 Å². The number of rotatable bonds is 6. The van der Waals surface area contributed by atoms with Crippen LogP contribution in [0.1, 0.15) is 12.0 Å². The van der Waals surface area contributed by atoms with Gasteiger partial charge in [-0.2, -0.15) is 4.68 Å². The van der Waals surface area contributed by atoms with E-state index in [2.05, 4.69) is 10.3 Å². The minimum atomic E-state index is -0.423.